The zero-order chi connectivity index (χ0) is 9.59. The highest BCUT2D eigenvalue weighted by atomic mass is 79.9. The van der Waals surface area contributed by atoms with Crippen molar-refractivity contribution in [1.29, 1.82) is 0 Å². The summed E-state index contributed by atoms with van der Waals surface area (Å²) in [6.45, 7) is 4.13. The third-order valence-electron chi connectivity index (χ3n) is 2.67. The molecule has 0 bridgehead atoms. The molecule has 0 amide bonds. The summed E-state index contributed by atoms with van der Waals surface area (Å²) >= 11 is 3.38. The van der Waals surface area contributed by atoms with E-state index in [1.807, 2.05) is 13.0 Å². The molecule has 1 aromatic carbocycles. The number of Topliss-reactive ketones (excluding diaryl/α,β-unsaturated/α-hetero) is 1. The molecule has 0 spiro atoms. The standard InChI is InChI=1S/C11H11BrO/c1-6-3-8-5-10(12)11(13)9(8)4-7(6)2/h3-4,10H,5H2,1-2H3. The predicted molar refractivity (Wildman–Crippen MR) is 56.7 cm³/mol. The predicted octanol–water partition coefficient (Wildman–Crippen LogP) is 2.81. The molecule has 0 aromatic heterocycles. The summed E-state index contributed by atoms with van der Waals surface area (Å²) in [6, 6.07) is 4.14. The van der Waals surface area contributed by atoms with Crippen LogP contribution in [0.1, 0.15) is 27.0 Å². The molecule has 0 fully saturated rings. The molecule has 0 saturated heterocycles. The van der Waals surface area contributed by atoms with Crippen LogP contribution in [-0.2, 0) is 6.42 Å². The lowest BCUT2D eigenvalue weighted by Gasteiger charge is -2.02. The van der Waals surface area contributed by atoms with Crippen molar-refractivity contribution in [3.8, 4) is 0 Å². The van der Waals surface area contributed by atoms with Gasteiger partial charge in [-0.05, 0) is 43.0 Å². The van der Waals surface area contributed by atoms with Gasteiger partial charge in [-0.15, -0.1) is 0 Å². The zero-order valence-electron chi connectivity index (χ0n) is 7.73. The Hall–Kier alpha value is -0.630. The number of rotatable bonds is 0. The Balaban J connectivity index is 2.59. The maximum Gasteiger partial charge on any atom is 0.177 e. The van der Waals surface area contributed by atoms with E-state index in [0.717, 1.165) is 12.0 Å². The largest absolute Gasteiger partial charge is 0.293 e. The normalized spacial score (nSPS) is 20.5. The smallest absolute Gasteiger partial charge is 0.177 e. The Bertz CT molecular complexity index is 382. The molecular formula is C11H11BrO. The van der Waals surface area contributed by atoms with Crippen molar-refractivity contribution in [2.75, 3.05) is 0 Å². The Morgan fingerprint density at radius 2 is 1.92 bits per heavy atom. The summed E-state index contributed by atoms with van der Waals surface area (Å²) in [7, 11) is 0. The van der Waals surface area contributed by atoms with Gasteiger partial charge in [0.1, 0.15) is 0 Å². The minimum Gasteiger partial charge on any atom is -0.293 e. The second-order valence-corrected chi connectivity index (χ2v) is 4.73. The molecule has 2 rings (SSSR count). The fraction of sp³-hybridized carbons (Fsp3) is 0.364. The van der Waals surface area contributed by atoms with Gasteiger partial charge in [0, 0.05) is 5.56 Å². The third-order valence-corrected chi connectivity index (χ3v) is 3.41. The van der Waals surface area contributed by atoms with Crippen LogP contribution in [0.4, 0.5) is 0 Å². The van der Waals surface area contributed by atoms with Gasteiger partial charge >= 0.3 is 0 Å². The van der Waals surface area contributed by atoms with Gasteiger partial charge in [-0.2, -0.15) is 0 Å². The Morgan fingerprint density at radius 3 is 2.62 bits per heavy atom. The van der Waals surface area contributed by atoms with Gasteiger partial charge in [0.25, 0.3) is 0 Å². The fourth-order valence-electron chi connectivity index (χ4n) is 1.73. The molecule has 2 heteroatoms. The monoisotopic (exact) mass is 238 g/mol. The second-order valence-electron chi connectivity index (χ2n) is 3.63. The number of carbonyl (C=O) groups excluding carboxylic acids is 1. The molecule has 1 aliphatic carbocycles. The molecular weight excluding hydrogens is 228 g/mol. The molecule has 1 aliphatic rings. The van der Waals surface area contributed by atoms with Crippen molar-refractivity contribution in [3.63, 3.8) is 0 Å². The van der Waals surface area contributed by atoms with Crippen LogP contribution >= 0.6 is 15.9 Å². The van der Waals surface area contributed by atoms with E-state index in [-0.39, 0.29) is 10.6 Å². The van der Waals surface area contributed by atoms with E-state index in [9.17, 15) is 4.79 Å². The molecule has 13 heavy (non-hydrogen) atoms. The van der Waals surface area contributed by atoms with Crippen LogP contribution < -0.4 is 0 Å². The first-order valence-electron chi connectivity index (χ1n) is 4.38. The third kappa shape index (κ3) is 1.33. The molecule has 0 N–H and O–H groups in total. The number of aryl methyl sites for hydroxylation is 2. The van der Waals surface area contributed by atoms with Gasteiger partial charge < -0.3 is 0 Å². The van der Waals surface area contributed by atoms with Crippen molar-refractivity contribution >= 4 is 21.7 Å². The van der Waals surface area contributed by atoms with Crippen LogP contribution in [0.3, 0.4) is 0 Å². The van der Waals surface area contributed by atoms with Crippen LogP contribution in [0.5, 0.6) is 0 Å². The SMILES string of the molecule is Cc1cc2c(cc1C)C(=O)C(Br)C2. The van der Waals surface area contributed by atoms with Crippen LogP contribution in [0.15, 0.2) is 12.1 Å². The van der Waals surface area contributed by atoms with Crippen LogP contribution in [0.25, 0.3) is 0 Å². The molecule has 0 heterocycles. The Morgan fingerprint density at radius 1 is 1.31 bits per heavy atom. The van der Waals surface area contributed by atoms with E-state index in [0.29, 0.717) is 0 Å². The lowest BCUT2D eigenvalue weighted by atomic mass is 10.0. The maximum atomic E-state index is 11.6. The van der Waals surface area contributed by atoms with E-state index >= 15 is 0 Å². The zero-order valence-corrected chi connectivity index (χ0v) is 9.31. The molecule has 1 atom stereocenters. The highest BCUT2D eigenvalue weighted by molar-refractivity contribution is 9.10. The molecule has 1 aromatic rings. The average Bonchev–Trinajstić information content (AvgIpc) is 2.32. The van der Waals surface area contributed by atoms with Gasteiger partial charge in [-0.3, -0.25) is 4.79 Å². The Labute approximate surface area is 86.3 Å². The summed E-state index contributed by atoms with van der Waals surface area (Å²) in [5.41, 5.74) is 4.57. The van der Waals surface area contributed by atoms with E-state index < -0.39 is 0 Å². The topological polar surface area (TPSA) is 17.1 Å². The van der Waals surface area contributed by atoms with E-state index in [1.54, 1.807) is 0 Å². The van der Waals surface area contributed by atoms with Gasteiger partial charge in [-0.1, -0.05) is 22.0 Å². The Kier molecular flexibility index (Phi) is 2.03. The average molecular weight is 239 g/mol. The van der Waals surface area contributed by atoms with Gasteiger partial charge in [0.15, 0.2) is 5.78 Å². The first-order valence-corrected chi connectivity index (χ1v) is 5.29. The lowest BCUT2D eigenvalue weighted by Crippen LogP contribution is -2.06. The number of alkyl halides is 1. The number of ketones is 1. The minimum atomic E-state index is 0.00343. The summed E-state index contributed by atoms with van der Waals surface area (Å²) in [6.07, 6.45) is 0.843. The quantitative estimate of drug-likeness (QED) is 0.636. The maximum absolute atomic E-state index is 11.6. The molecule has 0 radical (unpaired) electrons. The molecule has 0 saturated carbocycles. The molecule has 68 valence electrons. The van der Waals surface area contributed by atoms with Crippen molar-refractivity contribution in [2.45, 2.75) is 25.1 Å². The summed E-state index contributed by atoms with van der Waals surface area (Å²) in [4.78, 5) is 11.6. The van der Waals surface area contributed by atoms with Crippen molar-refractivity contribution < 1.29 is 4.79 Å². The lowest BCUT2D eigenvalue weighted by molar-refractivity contribution is 0.100. The van der Waals surface area contributed by atoms with E-state index in [1.165, 1.54) is 16.7 Å². The highest BCUT2D eigenvalue weighted by Gasteiger charge is 2.28. The summed E-state index contributed by atoms with van der Waals surface area (Å²) < 4.78 is 0. The van der Waals surface area contributed by atoms with E-state index in [4.69, 9.17) is 0 Å². The van der Waals surface area contributed by atoms with Crippen molar-refractivity contribution in [1.82, 2.24) is 0 Å². The van der Waals surface area contributed by atoms with E-state index in [2.05, 4.69) is 28.9 Å². The van der Waals surface area contributed by atoms with Crippen molar-refractivity contribution in [2.24, 2.45) is 0 Å². The van der Waals surface area contributed by atoms with Gasteiger partial charge in [0.2, 0.25) is 0 Å². The number of hydrogen-bond acceptors (Lipinski definition) is 1. The summed E-state index contributed by atoms with van der Waals surface area (Å²) in [5.74, 6) is 0.234. The highest BCUT2D eigenvalue weighted by Crippen LogP contribution is 2.28. The first-order chi connectivity index (χ1) is 6.09. The van der Waals surface area contributed by atoms with Crippen LogP contribution in [0, 0.1) is 13.8 Å². The second kappa shape index (κ2) is 2.95. The number of benzene rings is 1. The molecule has 1 unspecified atom stereocenters. The number of fused-ring (bicyclic) bond motifs is 1. The van der Waals surface area contributed by atoms with Crippen LogP contribution in [0.2, 0.25) is 0 Å². The van der Waals surface area contributed by atoms with Crippen molar-refractivity contribution in [3.05, 3.63) is 34.4 Å². The summed E-state index contributed by atoms with van der Waals surface area (Å²) in [5, 5.41) is 0. The van der Waals surface area contributed by atoms with Crippen LogP contribution in [-0.4, -0.2) is 10.6 Å². The van der Waals surface area contributed by atoms with Gasteiger partial charge in [0.05, 0.1) is 4.83 Å². The number of carbonyl (C=O) groups is 1. The first kappa shape index (κ1) is 8.95. The number of hydrogen-bond donors (Lipinski definition) is 0. The molecule has 0 aliphatic heterocycles. The number of halogens is 1. The fourth-order valence-corrected chi connectivity index (χ4v) is 2.32. The molecule has 1 nitrogen and oxygen atoms in total. The van der Waals surface area contributed by atoms with Gasteiger partial charge in [-0.25, -0.2) is 0 Å². The minimum absolute atomic E-state index is 0.00343.